The Morgan fingerprint density at radius 1 is 1.20 bits per heavy atom. The Labute approximate surface area is 183 Å². The number of amides is 1. The minimum atomic E-state index is -0.454. The van der Waals surface area contributed by atoms with Crippen LogP contribution in [0.15, 0.2) is 54.7 Å². The molecule has 1 saturated heterocycles. The van der Waals surface area contributed by atoms with Gasteiger partial charge in [0.05, 0.1) is 18.1 Å². The third-order valence-corrected chi connectivity index (χ3v) is 5.19. The first-order chi connectivity index (χ1) is 14.5. The van der Waals surface area contributed by atoms with E-state index in [1.54, 1.807) is 42.6 Å². The highest BCUT2D eigenvalue weighted by Crippen LogP contribution is 2.30. The van der Waals surface area contributed by atoms with E-state index in [1.165, 1.54) is 0 Å². The molecule has 3 aromatic rings. The molecule has 1 aliphatic heterocycles. The molecule has 154 valence electrons. The van der Waals surface area contributed by atoms with Gasteiger partial charge in [0.1, 0.15) is 17.7 Å². The number of benzene rings is 2. The van der Waals surface area contributed by atoms with Crippen molar-refractivity contribution in [2.75, 3.05) is 23.3 Å². The van der Waals surface area contributed by atoms with Crippen LogP contribution in [0.5, 0.6) is 5.75 Å². The lowest BCUT2D eigenvalue weighted by atomic mass is 10.1. The number of aromatic nitrogens is 2. The maximum atomic E-state index is 11.3. The van der Waals surface area contributed by atoms with E-state index in [9.17, 15) is 4.79 Å². The van der Waals surface area contributed by atoms with E-state index in [-0.39, 0.29) is 6.10 Å². The van der Waals surface area contributed by atoms with Gasteiger partial charge < -0.3 is 20.7 Å². The number of nitrogens with zero attached hydrogens (tertiary/aromatic N) is 3. The van der Waals surface area contributed by atoms with Crippen molar-refractivity contribution >= 4 is 40.9 Å². The van der Waals surface area contributed by atoms with Crippen molar-refractivity contribution in [1.29, 1.82) is 0 Å². The molecule has 7 nitrogen and oxygen atoms in total. The molecule has 0 aliphatic carbocycles. The third-order valence-electron chi connectivity index (χ3n) is 4.66. The summed E-state index contributed by atoms with van der Waals surface area (Å²) in [5.41, 5.74) is 6.71. The molecule has 0 atom stereocenters. The lowest BCUT2D eigenvalue weighted by Crippen LogP contribution is -2.54. The molecule has 0 spiro atoms. The van der Waals surface area contributed by atoms with Crippen molar-refractivity contribution < 1.29 is 9.53 Å². The average Bonchev–Trinajstić information content (AvgIpc) is 2.70. The molecule has 0 saturated carbocycles. The van der Waals surface area contributed by atoms with Crippen molar-refractivity contribution in [3.05, 3.63) is 75.9 Å². The summed E-state index contributed by atoms with van der Waals surface area (Å²) in [5.74, 6) is 1.47. The minimum Gasteiger partial charge on any atom is -0.485 e. The number of rotatable bonds is 7. The Morgan fingerprint density at radius 3 is 2.80 bits per heavy atom. The Balaban J connectivity index is 1.33. The van der Waals surface area contributed by atoms with Gasteiger partial charge in [-0.3, -0.25) is 4.79 Å². The number of nitrogens with two attached hydrogens (primary N) is 1. The summed E-state index contributed by atoms with van der Waals surface area (Å²) in [5, 5.41) is 4.24. The summed E-state index contributed by atoms with van der Waals surface area (Å²) >= 11 is 12.1. The van der Waals surface area contributed by atoms with Crippen molar-refractivity contribution in [3.63, 3.8) is 0 Å². The zero-order valence-electron chi connectivity index (χ0n) is 15.9. The number of carbonyl (C=O) groups excluding carboxylic acids is 1. The Kier molecular flexibility index (Phi) is 5.92. The first-order valence-corrected chi connectivity index (χ1v) is 10.1. The number of hydrogen-bond donors (Lipinski definition) is 2. The first kappa shape index (κ1) is 20.3. The van der Waals surface area contributed by atoms with E-state index < -0.39 is 5.91 Å². The van der Waals surface area contributed by atoms with Crippen LogP contribution in [-0.2, 0) is 6.54 Å². The first-order valence-electron chi connectivity index (χ1n) is 9.30. The van der Waals surface area contributed by atoms with Crippen molar-refractivity contribution in [1.82, 2.24) is 9.97 Å². The van der Waals surface area contributed by atoms with E-state index >= 15 is 0 Å². The summed E-state index contributed by atoms with van der Waals surface area (Å²) in [6.07, 6.45) is 1.72. The topological polar surface area (TPSA) is 93.4 Å². The lowest BCUT2D eigenvalue weighted by Gasteiger charge is -2.39. The number of halogens is 2. The fourth-order valence-electron chi connectivity index (χ4n) is 3.08. The van der Waals surface area contributed by atoms with E-state index in [1.807, 2.05) is 12.1 Å². The Hall–Kier alpha value is -3.03. The monoisotopic (exact) mass is 443 g/mol. The molecule has 2 heterocycles. The molecule has 1 amide bonds. The molecule has 0 unspecified atom stereocenters. The zero-order chi connectivity index (χ0) is 21.1. The molecule has 1 aliphatic rings. The normalized spacial score (nSPS) is 13.6. The van der Waals surface area contributed by atoms with Gasteiger partial charge in [0, 0.05) is 23.3 Å². The van der Waals surface area contributed by atoms with E-state index in [0.29, 0.717) is 46.9 Å². The van der Waals surface area contributed by atoms with Crippen LogP contribution in [0.1, 0.15) is 15.9 Å². The van der Waals surface area contributed by atoms with Crippen LogP contribution >= 0.6 is 23.2 Å². The van der Waals surface area contributed by atoms with Gasteiger partial charge in [0.25, 0.3) is 0 Å². The number of nitrogens with one attached hydrogen (secondary N) is 1. The van der Waals surface area contributed by atoms with Crippen LogP contribution in [0, 0.1) is 0 Å². The molecule has 9 heteroatoms. The average molecular weight is 444 g/mol. The second-order valence-corrected chi connectivity index (χ2v) is 7.72. The predicted molar refractivity (Wildman–Crippen MR) is 117 cm³/mol. The largest absolute Gasteiger partial charge is 0.485 e. The van der Waals surface area contributed by atoms with E-state index in [4.69, 9.17) is 33.7 Å². The SMILES string of the molecule is NC(=O)c1cccc(CNc2nccc(N3CC(Oc4ccc(Cl)cc4Cl)C3)n2)c1. The van der Waals surface area contributed by atoms with Gasteiger partial charge in [-0.2, -0.15) is 4.98 Å². The van der Waals surface area contributed by atoms with Gasteiger partial charge in [0.15, 0.2) is 0 Å². The summed E-state index contributed by atoms with van der Waals surface area (Å²) in [7, 11) is 0. The molecule has 30 heavy (non-hydrogen) atoms. The molecule has 3 N–H and O–H groups in total. The molecule has 0 radical (unpaired) electrons. The van der Waals surface area contributed by atoms with E-state index in [0.717, 1.165) is 11.4 Å². The molecule has 0 bridgehead atoms. The van der Waals surface area contributed by atoms with Gasteiger partial charge in [0.2, 0.25) is 11.9 Å². The summed E-state index contributed by atoms with van der Waals surface area (Å²) in [4.78, 5) is 22.2. The smallest absolute Gasteiger partial charge is 0.248 e. The summed E-state index contributed by atoms with van der Waals surface area (Å²) in [6, 6.07) is 14.2. The molecular formula is C21H19Cl2N5O2. The summed E-state index contributed by atoms with van der Waals surface area (Å²) in [6.45, 7) is 1.86. The van der Waals surface area contributed by atoms with Crippen LogP contribution < -0.4 is 20.7 Å². The number of hydrogen-bond acceptors (Lipinski definition) is 6. The Bertz CT molecular complexity index is 1070. The minimum absolute atomic E-state index is 0.0200. The second kappa shape index (κ2) is 8.77. The van der Waals surface area contributed by atoms with E-state index in [2.05, 4.69) is 20.2 Å². The molecule has 4 rings (SSSR count). The van der Waals surface area contributed by atoms with Gasteiger partial charge in [-0.1, -0.05) is 35.3 Å². The maximum Gasteiger partial charge on any atom is 0.248 e. The van der Waals surface area contributed by atoms with Gasteiger partial charge in [-0.15, -0.1) is 0 Å². The van der Waals surface area contributed by atoms with Crippen LogP contribution in [0.25, 0.3) is 0 Å². The number of primary amides is 1. The fraction of sp³-hybridized carbons (Fsp3) is 0.190. The van der Waals surface area contributed by atoms with Gasteiger partial charge in [-0.05, 0) is 42.0 Å². The highest BCUT2D eigenvalue weighted by molar-refractivity contribution is 6.35. The third kappa shape index (κ3) is 4.75. The van der Waals surface area contributed by atoms with Crippen LogP contribution in [0.2, 0.25) is 10.0 Å². The Morgan fingerprint density at radius 2 is 2.03 bits per heavy atom. The number of ether oxygens (including phenoxy) is 1. The van der Waals surface area contributed by atoms with Crippen molar-refractivity contribution in [2.24, 2.45) is 5.73 Å². The summed E-state index contributed by atoms with van der Waals surface area (Å²) < 4.78 is 5.92. The zero-order valence-corrected chi connectivity index (χ0v) is 17.4. The standard InChI is InChI=1S/C21H19Cl2N5O2/c22-15-4-5-18(17(23)9-15)30-16-11-28(12-16)19-6-7-25-21(27-19)26-10-13-2-1-3-14(8-13)20(24)29/h1-9,16H,10-12H2,(H2,24,29)(H,25,26,27). The second-order valence-electron chi connectivity index (χ2n) is 6.88. The molecule has 2 aromatic carbocycles. The number of anilines is 2. The molecule has 1 aromatic heterocycles. The van der Waals surface area contributed by atoms with Crippen molar-refractivity contribution in [3.8, 4) is 5.75 Å². The molecular weight excluding hydrogens is 425 g/mol. The van der Waals surface area contributed by atoms with Crippen LogP contribution in [0.4, 0.5) is 11.8 Å². The van der Waals surface area contributed by atoms with Crippen molar-refractivity contribution in [2.45, 2.75) is 12.6 Å². The van der Waals surface area contributed by atoms with Gasteiger partial charge in [-0.25, -0.2) is 4.98 Å². The van der Waals surface area contributed by atoms with Crippen LogP contribution in [-0.4, -0.2) is 35.1 Å². The number of carbonyl (C=O) groups is 1. The quantitative estimate of drug-likeness (QED) is 0.577. The highest BCUT2D eigenvalue weighted by Gasteiger charge is 2.30. The molecule has 1 fully saturated rings. The fourth-order valence-corrected chi connectivity index (χ4v) is 3.53. The maximum absolute atomic E-state index is 11.3. The predicted octanol–water partition coefficient (Wildman–Crippen LogP) is 3.76. The lowest BCUT2D eigenvalue weighted by molar-refractivity contribution is 0.1000. The van der Waals surface area contributed by atoms with Crippen LogP contribution in [0.3, 0.4) is 0 Å². The highest BCUT2D eigenvalue weighted by atomic mass is 35.5. The van der Waals surface area contributed by atoms with Gasteiger partial charge >= 0.3 is 0 Å².